The van der Waals surface area contributed by atoms with Gasteiger partial charge in [-0.1, -0.05) is 0 Å². The van der Waals surface area contributed by atoms with Crippen molar-refractivity contribution in [2.45, 2.75) is 16.0 Å². The quantitative estimate of drug-likeness (QED) is 0.490. The number of benzene rings is 1. The maximum atomic E-state index is 14.7. The molecule has 0 atom stereocenters. The van der Waals surface area contributed by atoms with E-state index in [-0.39, 0.29) is 17.4 Å². The molecule has 6 rings (SSSR count). The zero-order chi connectivity index (χ0) is 21.5. The topological polar surface area (TPSA) is 79.6 Å². The average molecular weight is 452 g/mol. The normalized spacial score (nSPS) is 17.6. The second-order valence-electron chi connectivity index (χ2n) is 8.01. The molecule has 0 spiro atoms. The van der Waals surface area contributed by atoms with E-state index in [1.165, 1.54) is 11.8 Å². The van der Waals surface area contributed by atoms with Crippen molar-refractivity contribution in [1.82, 2.24) is 30.4 Å². The fraction of sp³-hybridized carbons (Fsp3) is 0.318. The maximum absolute atomic E-state index is 14.7. The Kier molecular flexibility index (Phi) is 5.14. The van der Waals surface area contributed by atoms with Crippen LogP contribution in [0.4, 0.5) is 10.1 Å². The Morgan fingerprint density at radius 1 is 1.06 bits per heavy atom. The number of halogens is 1. The number of anilines is 1. The van der Waals surface area contributed by atoms with Gasteiger partial charge in [0, 0.05) is 48.6 Å². The molecule has 2 N–H and O–H groups in total. The molecule has 10 heteroatoms. The molecule has 0 aliphatic carbocycles. The molecule has 0 radical (unpaired) electrons. The Balaban J connectivity index is 1.33. The van der Waals surface area contributed by atoms with Gasteiger partial charge >= 0.3 is 0 Å². The molecule has 4 aromatic rings. The number of ether oxygens (including phenoxy) is 1. The lowest BCUT2D eigenvalue weighted by Gasteiger charge is -2.28. The van der Waals surface area contributed by atoms with Crippen LogP contribution in [0.5, 0.6) is 0 Å². The van der Waals surface area contributed by atoms with E-state index >= 15 is 0 Å². The lowest BCUT2D eigenvalue weighted by atomic mass is 10.0. The van der Waals surface area contributed by atoms with Gasteiger partial charge in [0.1, 0.15) is 0 Å². The van der Waals surface area contributed by atoms with E-state index in [0.717, 1.165) is 66.4 Å². The highest BCUT2D eigenvalue weighted by Crippen LogP contribution is 2.31. The highest BCUT2D eigenvalue weighted by molar-refractivity contribution is 7.99. The van der Waals surface area contributed by atoms with Crippen molar-refractivity contribution in [3.63, 3.8) is 0 Å². The Morgan fingerprint density at radius 2 is 1.91 bits per heavy atom. The van der Waals surface area contributed by atoms with Crippen LogP contribution in [0.2, 0.25) is 0 Å². The van der Waals surface area contributed by atoms with Crippen LogP contribution in [-0.2, 0) is 4.74 Å². The number of rotatable bonds is 4. The third-order valence-electron chi connectivity index (χ3n) is 5.97. The van der Waals surface area contributed by atoms with Gasteiger partial charge < -0.3 is 9.64 Å². The minimum absolute atomic E-state index is 0.208. The second kappa shape index (κ2) is 8.28. The number of morpholine rings is 1. The van der Waals surface area contributed by atoms with Crippen molar-refractivity contribution < 1.29 is 9.13 Å². The van der Waals surface area contributed by atoms with Crippen LogP contribution in [-0.4, -0.2) is 59.0 Å². The summed E-state index contributed by atoms with van der Waals surface area (Å²) in [5.74, 6) is -0.147. The van der Waals surface area contributed by atoms with Crippen LogP contribution in [0.25, 0.3) is 16.6 Å². The molecule has 5 heterocycles. The number of pyridine rings is 2. The summed E-state index contributed by atoms with van der Waals surface area (Å²) in [5, 5.41) is 10.0. The van der Waals surface area contributed by atoms with E-state index in [4.69, 9.17) is 4.74 Å². The molecule has 3 aromatic heterocycles. The number of nitrogens with zero attached hydrogens (tertiary/aromatic N) is 5. The first-order valence-electron chi connectivity index (χ1n) is 10.6. The standard InChI is InChI=1S/C22H22FN7OS/c23-19-9-15(16-10-25-26-11-16)13-30-21(19)27-28-22(30)32-18-1-2-20-14(8-18)7-17(12-24-20)29-3-5-31-6-4-29/h1-2,7-9,12-13,16,25-26H,3-6,10-11H2. The van der Waals surface area contributed by atoms with E-state index in [0.29, 0.717) is 5.16 Å². The highest BCUT2D eigenvalue weighted by Gasteiger charge is 2.20. The van der Waals surface area contributed by atoms with Crippen molar-refractivity contribution in [2.24, 2.45) is 0 Å². The number of hydrazine groups is 1. The summed E-state index contributed by atoms with van der Waals surface area (Å²) >= 11 is 1.47. The Hall–Kier alpha value is -2.79. The third kappa shape index (κ3) is 3.69. The average Bonchev–Trinajstić information content (AvgIpc) is 3.50. The summed E-state index contributed by atoms with van der Waals surface area (Å²) in [7, 11) is 0. The molecule has 0 saturated carbocycles. The van der Waals surface area contributed by atoms with Crippen molar-refractivity contribution in [2.75, 3.05) is 44.3 Å². The minimum Gasteiger partial charge on any atom is -0.378 e. The summed E-state index contributed by atoms with van der Waals surface area (Å²) in [6, 6.07) is 9.85. The number of hydrogen-bond donors (Lipinski definition) is 2. The molecule has 1 aromatic carbocycles. The van der Waals surface area contributed by atoms with Gasteiger partial charge in [0.15, 0.2) is 11.5 Å². The molecule has 164 valence electrons. The third-order valence-corrected chi connectivity index (χ3v) is 6.92. The summed E-state index contributed by atoms with van der Waals surface area (Å²) in [6.07, 6.45) is 3.86. The molecule has 0 amide bonds. The van der Waals surface area contributed by atoms with Crippen molar-refractivity contribution >= 4 is 34.0 Å². The number of nitrogens with one attached hydrogen (secondary N) is 2. The second-order valence-corrected chi connectivity index (χ2v) is 9.05. The van der Waals surface area contributed by atoms with E-state index in [9.17, 15) is 4.39 Å². The summed E-state index contributed by atoms with van der Waals surface area (Å²) < 4.78 is 21.9. The van der Waals surface area contributed by atoms with Gasteiger partial charge in [-0.25, -0.2) is 4.39 Å². The summed E-state index contributed by atoms with van der Waals surface area (Å²) in [6.45, 7) is 4.73. The first kappa shape index (κ1) is 19.9. The van der Waals surface area contributed by atoms with Crippen molar-refractivity contribution in [3.05, 3.63) is 54.1 Å². The molecular formula is C22H22FN7OS. The SMILES string of the molecule is Fc1cc(C2CNNC2)cn2c(Sc3ccc4ncc(N5CCOCC5)cc4c3)nnc12. The monoisotopic (exact) mass is 451 g/mol. The molecule has 0 bridgehead atoms. The Morgan fingerprint density at radius 3 is 2.75 bits per heavy atom. The van der Waals surface area contributed by atoms with Crippen LogP contribution in [0.1, 0.15) is 11.5 Å². The summed E-state index contributed by atoms with van der Waals surface area (Å²) in [4.78, 5) is 7.92. The predicted octanol–water partition coefficient (Wildman–Crippen LogP) is 2.60. The molecule has 8 nitrogen and oxygen atoms in total. The number of aromatic nitrogens is 4. The zero-order valence-electron chi connectivity index (χ0n) is 17.3. The number of fused-ring (bicyclic) bond motifs is 2. The molecule has 2 saturated heterocycles. The van der Waals surface area contributed by atoms with E-state index < -0.39 is 0 Å². The molecule has 2 aliphatic rings. The van der Waals surface area contributed by atoms with Gasteiger partial charge in [-0.05, 0) is 47.7 Å². The van der Waals surface area contributed by atoms with Crippen LogP contribution in [0, 0.1) is 5.82 Å². The summed E-state index contributed by atoms with van der Waals surface area (Å²) in [5.41, 5.74) is 9.40. The number of hydrogen-bond acceptors (Lipinski definition) is 8. The van der Waals surface area contributed by atoms with E-state index in [1.807, 2.05) is 24.5 Å². The zero-order valence-corrected chi connectivity index (χ0v) is 18.1. The van der Waals surface area contributed by atoms with E-state index in [2.05, 4.69) is 43.1 Å². The fourth-order valence-electron chi connectivity index (χ4n) is 4.21. The van der Waals surface area contributed by atoms with Crippen LogP contribution < -0.4 is 15.8 Å². The first-order chi connectivity index (χ1) is 15.7. The van der Waals surface area contributed by atoms with Crippen LogP contribution in [0.15, 0.2) is 52.8 Å². The van der Waals surface area contributed by atoms with Crippen LogP contribution >= 0.6 is 11.8 Å². The van der Waals surface area contributed by atoms with Crippen molar-refractivity contribution in [1.29, 1.82) is 0 Å². The Labute approximate surface area is 188 Å². The molecule has 0 unspecified atom stereocenters. The first-order valence-corrected chi connectivity index (χ1v) is 11.5. The largest absolute Gasteiger partial charge is 0.378 e. The maximum Gasteiger partial charge on any atom is 0.200 e. The van der Waals surface area contributed by atoms with Gasteiger partial charge in [0.25, 0.3) is 0 Å². The smallest absolute Gasteiger partial charge is 0.200 e. The lowest BCUT2D eigenvalue weighted by molar-refractivity contribution is 0.122. The van der Waals surface area contributed by atoms with Gasteiger partial charge in [-0.3, -0.25) is 20.2 Å². The van der Waals surface area contributed by atoms with Gasteiger partial charge in [0.2, 0.25) is 5.16 Å². The van der Waals surface area contributed by atoms with Crippen LogP contribution in [0.3, 0.4) is 0 Å². The predicted molar refractivity (Wildman–Crippen MR) is 121 cm³/mol. The van der Waals surface area contributed by atoms with Crippen molar-refractivity contribution in [3.8, 4) is 0 Å². The van der Waals surface area contributed by atoms with E-state index in [1.54, 1.807) is 10.5 Å². The highest BCUT2D eigenvalue weighted by atomic mass is 32.2. The fourth-order valence-corrected chi connectivity index (χ4v) is 5.06. The molecule has 32 heavy (non-hydrogen) atoms. The minimum atomic E-state index is -0.355. The molecule has 2 aliphatic heterocycles. The van der Waals surface area contributed by atoms with Gasteiger partial charge in [0.05, 0.1) is 30.6 Å². The lowest BCUT2D eigenvalue weighted by Crippen LogP contribution is -2.36. The molecule has 2 fully saturated rings. The van der Waals surface area contributed by atoms with Gasteiger partial charge in [-0.15, -0.1) is 10.2 Å². The van der Waals surface area contributed by atoms with Gasteiger partial charge in [-0.2, -0.15) is 0 Å². The Bertz CT molecular complexity index is 1280. The molecular weight excluding hydrogens is 429 g/mol.